The van der Waals surface area contributed by atoms with Crippen LogP contribution in [0.4, 0.5) is 4.39 Å². The van der Waals surface area contributed by atoms with Gasteiger partial charge >= 0.3 is 0 Å². The molecule has 1 aliphatic rings. The van der Waals surface area contributed by atoms with Gasteiger partial charge in [-0.25, -0.2) is 9.37 Å². The first-order valence-corrected chi connectivity index (χ1v) is 6.97. The van der Waals surface area contributed by atoms with Gasteiger partial charge in [0.15, 0.2) is 5.58 Å². The van der Waals surface area contributed by atoms with Crippen LogP contribution >= 0.6 is 24.8 Å². The number of fused-ring (bicyclic) bond motifs is 1. The largest absolute Gasteiger partial charge is 0.439 e. The average molecular weight is 350 g/mol. The first-order valence-electron chi connectivity index (χ1n) is 6.97. The molecule has 0 spiro atoms. The number of piperidine rings is 1. The zero-order valence-corrected chi connectivity index (χ0v) is 14.3. The van der Waals surface area contributed by atoms with Gasteiger partial charge in [0.1, 0.15) is 11.3 Å². The van der Waals surface area contributed by atoms with Gasteiger partial charge in [0.2, 0.25) is 5.89 Å². The van der Waals surface area contributed by atoms with E-state index in [1.54, 1.807) is 6.07 Å². The van der Waals surface area contributed by atoms with Crippen LogP contribution in [0.25, 0.3) is 11.1 Å². The second-order valence-electron chi connectivity index (χ2n) is 6.31. The van der Waals surface area contributed by atoms with E-state index in [9.17, 15) is 4.39 Å². The summed E-state index contributed by atoms with van der Waals surface area (Å²) >= 11 is 0. The Bertz CT molecular complexity index is 632. The molecule has 0 aliphatic carbocycles. The predicted molar refractivity (Wildman–Crippen MR) is 90.1 cm³/mol. The molecule has 7 heteroatoms. The van der Waals surface area contributed by atoms with Crippen LogP contribution < -0.4 is 5.73 Å². The maximum absolute atomic E-state index is 13.1. The average Bonchev–Trinajstić information content (AvgIpc) is 2.75. The summed E-state index contributed by atoms with van der Waals surface area (Å²) in [5.41, 5.74) is 7.44. The van der Waals surface area contributed by atoms with Crippen LogP contribution in [0.3, 0.4) is 0 Å². The molecule has 124 valence electrons. The number of likely N-dealkylation sites (tertiary alicyclic amines) is 1. The van der Waals surface area contributed by atoms with E-state index < -0.39 is 0 Å². The summed E-state index contributed by atoms with van der Waals surface area (Å²) in [5, 5.41) is 0. The van der Waals surface area contributed by atoms with E-state index >= 15 is 0 Å². The Kier molecular flexibility index (Phi) is 6.21. The highest BCUT2D eigenvalue weighted by Crippen LogP contribution is 2.29. The van der Waals surface area contributed by atoms with E-state index in [4.69, 9.17) is 10.2 Å². The lowest BCUT2D eigenvalue weighted by molar-refractivity contribution is 0.0835. The van der Waals surface area contributed by atoms with Crippen molar-refractivity contribution in [3.8, 4) is 0 Å². The van der Waals surface area contributed by atoms with Gasteiger partial charge < -0.3 is 10.2 Å². The van der Waals surface area contributed by atoms with Crippen LogP contribution in [-0.2, 0) is 6.54 Å². The molecular formula is C15H22Cl2FN3O. The maximum atomic E-state index is 13.1. The lowest BCUT2D eigenvalue weighted by Gasteiger charge is -2.42. The van der Waals surface area contributed by atoms with Crippen LogP contribution in [0.2, 0.25) is 0 Å². The number of aromatic nitrogens is 1. The number of benzene rings is 1. The lowest BCUT2D eigenvalue weighted by Crippen LogP contribution is -2.52. The zero-order valence-electron chi connectivity index (χ0n) is 12.7. The van der Waals surface area contributed by atoms with Crippen molar-refractivity contribution in [2.75, 3.05) is 13.1 Å². The van der Waals surface area contributed by atoms with E-state index in [1.807, 2.05) is 0 Å². The summed E-state index contributed by atoms with van der Waals surface area (Å²) in [6.45, 7) is 6.88. The van der Waals surface area contributed by atoms with Gasteiger partial charge in [-0.3, -0.25) is 4.90 Å². The molecule has 2 aromatic rings. The van der Waals surface area contributed by atoms with Crippen molar-refractivity contribution in [1.29, 1.82) is 0 Å². The summed E-state index contributed by atoms with van der Waals surface area (Å²) < 4.78 is 18.8. The third-order valence-electron chi connectivity index (χ3n) is 4.14. The fourth-order valence-electron chi connectivity index (χ4n) is 2.83. The minimum Gasteiger partial charge on any atom is -0.439 e. The van der Waals surface area contributed by atoms with Crippen molar-refractivity contribution >= 4 is 35.9 Å². The van der Waals surface area contributed by atoms with E-state index in [1.165, 1.54) is 12.1 Å². The van der Waals surface area contributed by atoms with Crippen LogP contribution in [0, 0.1) is 11.2 Å². The number of nitrogens with zero attached hydrogens (tertiary/aromatic N) is 2. The number of hydrogen-bond acceptors (Lipinski definition) is 4. The summed E-state index contributed by atoms with van der Waals surface area (Å²) in [6.07, 6.45) is 0.974. The maximum Gasteiger partial charge on any atom is 0.209 e. The van der Waals surface area contributed by atoms with Gasteiger partial charge in [0.25, 0.3) is 0 Å². The number of halogens is 3. The molecule has 0 radical (unpaired) electrons. The lowest BCUT2D eigenvalue weighted by atomic mass is 9.80. The number of rotatable bonds is 2. The molecule has 1 unspecified atom stereocenters. The van der Waals surface area contributed by atoms with Crippen molar-refractivity contribution in [2.45, 2.75) is 32.9 Å². The Morgan fingerprint density at radius 2 is 2.14 bits per heavy atom. The zero-order chi connectivity index (χ0) is 14.3. The number of nitrogens with two attached hydrogens (primary N) is 1. The highest BCUT2D eigenvalue weighted by atomic mass is 35.5. The molecule has 0 bridgehead atoms. The Hall–Kier alpha value is -0.880. The van der Waals surface area contributed by atoms with E-state index in [-0.39, 0.29) is 42.1 Å². The Morgan fingerprint density at radius 1 is 1.41 bits per heavy atom. The summed E-state index contributed by atoms with van der Waals surface area (Å²) in [7, 11) is 0. The standard InChI is InChI=1S/C15H20FN3O.2ClH/c1-15(2)9-19(6-5-13(15)17)8-14-18-11-7-10(16)3-4-12(11)20-14;;/h3-4,7,13H,5-6,8-9,17H2,1-2H3;2*1H. The first-order chi connectivity index (χ1) is 9.44. The molecule has 4 nitrogen and oxygen atoms in total. The van der Waals surface area contributed by atoms with Crippen molar-refractivity contribution in [3.63, 3.8) is 0 Å². The Balaban J connectivity index is 0.00000121. The van der Waals surface area contributed by atoms with Crippen molar-refractivity contribution in [2.24, 2.45) is 11.1 Å². The SMILES string of the molecule is CC1(C)CN(Cc2nc3cc(F)ccc3o2)CCC1N.Cl.Cl. The molecule has 2 heterocycles. The third-order valence-corrected chi connectivity index (χ3v) is 4.14. The second-order valence-corrected chi connectivity index (χ2v) is 6.31. The fraction of sp³-hybridized carbons (Fsp3) is 0.533. The molecule has 1 fully saturated rings. The highest BCUT2D eigenvalue weighted by Gasteiger charge is 2.33. The normalized spacial score (nSPS) is 21.2. The van der Waals surface area contributed by atoms with Crippen LogP contribution in [0.5, 0.6) is 0 Å². The quantitative estimate of drug-likeness (QED) is 0.902. The third kappa shape index (κ3) is 3.90. The summed E-state index contributed by atoms with van der Waals surface area (Å²) in [5.74, 6) is 0.347. The molecule has 1 aromatic heterocycles. The van der Waals surface area contributed by atoms with Crippen molar-refractivity contribution < 1.29 is 8.81 Å². The molecule has 1 aliphatic heterocycles. The predicted octanol–water partition coefficient (Wildman–Crippen LogP) is 3.37. The molecule has 0 amide bonds. The second kappa shape index (κ2) is 7.13. The van der Waals surface area contributed by atoms with Gasteiger partial charge in [-0.15, -0.1) is 24.8 Å². The molecule has 3 rings (SSSR count). The minimum atomic E-state index is -0.289. The first kappa shape index (κ1) is 19.2. The van der Waals surface area contributed by atoms with E-state index in [0.717, 1.165) is 19.5 Å². The molecule has 22 heavy (non-hydrogen) atoms. The smallest absolute Gasteiger partial charge is 0.209 e. The minimum absolute atomic E-state index is 0. The summed E-state index contributed by atoms with van der Waals surface area (Å²) in [6, 6.07) is 4.65. The van der Waals surface area contributed by atoms with Gasteiger partial charge in [0.05, 0.1) is 6.54 Å². The van der Waals surface area contributed by atoms with E-state index in [2.05, 4.69) is 23.7 Å². The van der Waals surface area contributed by atoms with Gasteiger partial charge in [-0.1, -0.05) is 13.8 Å². The highest BCUT2D eigenvalue weighted by molar-refractivity contribution is 5.85. The monoisotopic (exact) mass is 349 g/mol. The number of oxazole rings is 1. The molecule has 0 saturated carbocycles. The van der Waals surface area contributed by atoms with Crippen molar-refractivity contribution in [1.82, 2.24) is 9.88 Å². The van der Waals surface area contributed by atoms with Crippen LogP contribution in [0.1, 0.15) is 26.2 Å². The molecule has 1 aromatic carbocycles. The summed E-state index contributed by atoms with van der Waals surface area (Å²) in [4.78, 5) is 6.65. The molecular weight excluding hydrogens is 328 g/mol. The van der Waals surface area contributed by atoms with Gasteiger partial charge in [-0.05, 0) is 24.0 Å². The Morgan fingerprint density at radius 3 is 2.82 bits per heavy atom. The molecule has 1 atom stereocenters. The number of hydrogen-bond donors (Lipinski definition) is 1. The molecule has 1 saturated heterocycles. The van der Waals surface area contributed by atoms with Crippen LogP contribution in [-0.4, -0.2) is 29.0 Å². The fourth-order valence-corrected chi connectivity index (χ4v) is 2.83. The topological polar surface area (TPSA) is 55.3 Å². The van der Waals surface area contributed by atoms with Gasteiger partial charge in [0, 0.05) is 25.2 Å². The Labute approximate surface area is 142 Å². The van der Waals surface area contributed by atoms with Crippen molar-refractivity contribution in [3.05, 3.63) is 29.9 Å². The van der Waals surface area contributed by atoms with Gasteiger partial charge in [-0.2, -0.15) is 0 Å². The van der Waals surface area contributed by atoms with Crippen LogP contribution in [0.15, 0.2) is 22.6 Å². The molecule has 2 N–H and O–H groups in total. The van der Waals surface area contributed by atoms with E-state index in [0.29, 0.717) is 23.5 Å².